The molecule has 0 N–H and O–H groups in total. The van der Waals surface area contributed by atoms with Gasteiger partial charge in [0, 0.05) is 36.7 Å². The summed E-state index contributed by atoms with van der Waals surface area (Å²) in [5.74, 6) is 0.858. The fraction of sp³-hybridized carbons (Fsp3) is 0.588. The third-order valence-electron chi connectivity index (χ3n) is 4.71. The highest BCUT2D eigenvalue weighted by molar-refractivity contribution is 7.09. The van der Waals surface area contributed by atoms with Crippen molar-refractivity contribution < 1.29 is 13.9 Å². The molecule has 2 aliphatic rings. The van der Waals surface area contributed by atoms with Gasteiger partial charge in [-0.15, -0.1) is 11.3 Å². The van der Waals surface area contributed by atoms with Crippen LogP contribution >= 0.6 is 11.3 Å². The Morgan fingerprint density at radius 2 is 2.29 bits per heavy atom. The molecule has 2 aromatic heterocycles. The highest BCUT2D eigenvalue weighted by atomic mass is 32.1. The third-order valence-corrected chi connectivity index (χ3v) is 5.84. The number of hydrogen-bond donors (Lipinski definition) is 0. The van der Waals surface area contributed by atoms with Crippen molar-refractivity contribution in [3.05, 3.63) is 33.9 Å². The van der Waals surface area contributed by atoms with Crippen LogP contribution in [0.5, 0.6) is 0 Å². The highest BCUT2D eigenvalue weighted by Crippen LogP contribution is 2.33. The van der Waals surface area contributed by atoms with Crippen LogP contribution in [0.1, 0.15) is 64.7 Å². The van der Waals surface area contributed by atoms with Crippen molar-refractivity contribution in [2.24, 2.45) is 0 Å². The van der Waals surface area contributed by atoms with Gasteiger partial charge in [0.05, 0.1) is 5.01 Å². The van der Waals surface area contributed by atoms with Gasteiger partial charge in [-0.2, -0.15) is 0 Å². The minimum Gasteiger partial charge on any atom is -0.445 e. The Hall–Kier alpha value is -1.73. The summed E-state index contributed by atoms with van der Waals surface area (Å²) in [6.07, 6.45) is 5.17. The summed E-state index contributed by atoms with van der Waals surface area (Å²) in [7, 11) is 0. The Labute approximate surface area is 144 Å². The molecule has 4 rings (SSSR count). The van der Waals surface area contributed by atoms with Crippen LogP contribution in [0.15, 0.2) is 16.2 Å². The molecular formula is C17H21N3O3S. The molecule has 0 aliphatic carbocycles. The van der Waals surface area contributed by atoms with Crippen molar-refractivity contribution in [3.8, 4) is 0 Å². The molecule has 1 amide bonds. The molecule has 6 nitrogen and oxygen atoms in total. The normalized spacial score (nSPS) is 24.5. The number of amides is 1. The van der Waals surface area contributed by atoms with Crippen molar-refractivity contribution in [1.82, 2.24) is 14.9 Å². The minimum absolute atomic E-state index is 0.0489. The highest BCUT2D eigenvalue weighted by Gasteiger charge is 2.33. The summed E-state index contributed by atoms with van der Waals surface area (Å²) in [4.78, 5) is 23.6. The van der Waals surface area contributed by atoms with Gasteiger partial charge in [-0.1, -0.05) is 0 Å². The number of nitrogens with zero attached hydrogens (tertiary/aromatic N) is 3. The molecule has 128 valence electrons. The molecule has 2 fully saturated rings. The number of oxazole rings is 1. The molecule has 0 unspecified atom stereocenters. The monoisotopic (exact) mass is 347 g/mol. The summed E-state index contributed by atoms with van der Waals surface area (Å²) < 4.78 is 11.1. The van der Waals surface area contributed by atoms with Gasteiger partial charge in [0.2, 0.25) is 0 Å². The zero-order chi connectivity index (χ0) is 16.5. The van der Waals surface area contributed by atoms with Crippen LogP contribution < -0.4 is 0 Å². The fourth-order valence-electron chi connectivity index (χ4n) is 3.50. The van der Waals surface area contributed by atoms with Gasteiger partial charge in [-0.3, -0.25) is 4.79 Å². The Kier molecular flexibility index (Phi) is 4.37. The molecule has 2 saturated heterocycles. The SMILES string of the molecule is Cc1csc([C@H]2CCCN(C(=O)c3ncoc3[C@@H]3CCCO3)C2)n1. The van der Waals surface area contributed by atoms with E-state index in [-0.39, 0.29) is 12.0 Å². The van der Waals surface area contributed by atoms with Crippen molar-refractivity contribution in [1.29, 1.82) is 0 Å². The van der Waals surface area contributed by atoms with Crippen molar-refractivity contribution in [2.75, 3.05) is 19.7 Å². The maximum Gasteiger partial charge on any atom is 0.276 e. The van der Waals surface area contributed by atoms with Crippen LogP contribution in [0.25, 0.3) is 0 Å². The fourth-order valence-corrected chi connectivity index (χ4v) is 4.43. The van der Waals surface area contributed by atoms with E-state index >= 15 is 0 Å². The molecule has 0 spiro atoms. The standard InChI is InChI=1S/C17H21N3O3S/c1-11-9-24-16(19-11)12-4-2-6-20(8-12)17(21)14-15(23-10-18-14)13-5-3-7-22-13/h9-10,12-13H,2-8H2,1H3/t12-,13-/m0/s1. The maximum absolute atomic E-state index is 13.0. The molecule has 0 saturated carbocycles. The molecular weight excluding hydrogens is 326 g/mol. The number of carbonyl (C=O) groups is 1. The number of ether oxygens (including phenoxy) is 1. The van der Waals surface area contributed by atoms with Crippen molar-refractivity contribution in [3.63, 3.8) is 0 Å². The number of thiazole rings is 1. The molecule has 24 heavy (non-hydrogen) atoms. The Morgan fingerprint density at radius 3 is 3.04 bits per heavy atom. The van der Waals surface area contributed by atoms with E-state index in [0.717, 1.165) is 42.9 Å². The van der Waals surface area contributed by atoms with Gasteiger partial charge in [0.1, 0.15) is 6.10 Å². The Morgan fingerprint density at radius 1 is 1.38 bits per heavy atom. The Balaban J connectivity index is 1.51. The van der Waals surface area contributed by atoms with E-state index in [1.54, 1.807) is 11.3 Å². The van der Waals surface area contributed by atoms with E-state index in [2.05, 4.69) is 15.3 Å². The molecule has 0 aromatic carbocycles. The van der Waals surface area contributed by atoms with Gasteiger partial charge in [-0.05, 0) is 32.6 Å². The number of aromatic nitrogens is 2. The van der Waals surface area contributed by atoms with Gasteiger partial charge in [0.25, 0.3) is 5.91 Å². The van der Waals surface area contributed by atoms with E-state index in [4.69, 9.17) is 9.15 Å². The first-order valence-electron chi connectivity index (χ1n) is 8.48. The lowest BCUT2D eigenvalue weighted by molar-refractivity contribution is 0.0671. The minimum atomic E-state index is -0.131. The lowest BCUT2D eigenvalue weighted by atomic mass is 9.98. The van der Waals surface area contributed by atoms with Crippen LogP contribution in [0.2, 0.25) is 0 Å². The number of rotatable bonds is 3. The van der Waals surface area contributed by atoms with E-state index in [9.17, 15) is 4.79 Å². The second-order valence-corrected chi connectivity index (χ2v) is 7.37. The van der Waals surface area contributed by atoms with Gasteiger partial charge >= 0.3 is 0 Å². The lowest BCUT2D eigenvalue weighted by Crippen LogP contribution is -2.39. The number of piperidine rings is 1. The summed E-state index contributed by atoms with van der Waals surface area (Å²) >= 11 is 1.69. The average Bonchev–Trinajstić information content (AvgIpc) is 3.34. The molecule has 0 bridgehead atoms. The summed E-state index contributed by atoms with van der Waals surface area (Å²) in [5.41, 5.74) is 1.47. The Bertz CT molecular complexity index is 720. The zero-order valence-electron chi connectivity index (χ0n) is 13.7. The second-order valence-electron chi connectivity index (χ2n) is 6.48. The average molecular weight is 347 g/mol. The molecule has 4 heterocycles. The molecule has 2 aromatic rings. The van der Waals surface area contributed by atoms with Crippen molar-refractivity contribution >= 4 is 17.2 Å². The molecule has 7 heteroatoms. The van der Waals surface area contributed by atoms with E-state index in [1.807, 2.05) is 11.8 Å². The van der Waals surface area contributed by atoms with Gasteiger partial charge < -0.3 is 14.1 Å². The second kappa shape index (κ2) is 6.64. The molecule has 2 atom stereocenters. The zero-order valence-corrected chi connectivity index (χ0v) is 14.6. The lowest BCUT2D eigenvalue weighted by Gasteiger charge is -2.31. The predicted octanol–water partition coefficient (Wildman–Crippen LogP) is 3.31. The van der Waals surface area contributed by atoms with Crippen molar-refractivity contribution in [2.45, 2.75) is 44.6 Å². The van der Waals surface area contributed by atoms with Gasteiger partial charge in [0.15, 0.2) is 17.8 Å². The van der Waals surface area contributed by atoms with Gasteiger partial charge in [-0.25, -0.2) is 9.97 Å². The largest absolute Gasteiger partial charge is 0.445 e. The molecule has 0 radical (unpaired) electrons. The summed E-state index contributed by atoms with van der Waals surface area (Å²) in [5, 5.41) is 3.20. The maximum atomic E-state index is 13.0. The summed E-state index contributed by atoms with van der Waals surface area (Å²) in [6.45, 7) is 4.18. The van der Waals surface area contributed by atoms with E-state index in [0.29, 0.717) is 30.5 Å². The van der Waals surface area contributed by atoms with Crippen LogP contribution in [-0.4, -0.2) is 40.5 Å². The van der Waals surface area contributed by atoms with Crippen LogP contribution in [0.4, 0.5) is 0 Å². The van der Waals surface area contributed by atoms with E-state index in [1.165, 1.54) is 6.39 Å². The number of hydrogen-bond acceptors (Lipinski definition) is 6. The van der Waals surface area contributed by atoms with E-state index < -0.39 is 0 Å². The smallest absolute Gasteiger partial charge is 0.276 e. The number of likely N-dealkylation sites (tertiary alicyclic amines) is 1. The summed E-state index contributed by atoms with van der Waals surface area (Å²) in [6, 6.07) is 0. The first-order valence-corrected chi connectivity index (χ1v) is 9.36. The van der Waals surface area contributed by atoms with Crippen LogP contribution in [-0.2, 0) is 4.74 Å². The number of aryl methyl sites for hydroxylation is 1. The first-order chi connectivity index (χ1) is 11.7. The topological polar surface area (TPSA) is 68.5 Å². The molecule has 2 aliphatic heterocycles. The third kappa shape index (κ3) is 2.98. The first kappa shape index (κ1) is 15.8. The van der Waals surface area contributed by atoms with Crippen LogP contribution in [0, 0.1) is 6.92 Å². The number of carbonyl (C=O) groups excluding carboxylic acids is 1. The van der Waals surface area contributed by atoms with Crippen LogP contribution in [0.3, 0.4) is 0 Å². The predicted molar refractivity (Wildman–Crippen MR) is 89.2 cm³/mol. The quantitative estimate of drug-likeness (QED) is 0.852.